The van der Waals surface area contributed by atoms with E-state index in [1.165, 1.54) is 21.9 Å². The van der Waals surface area contributed by atoms with Crippen LogP contribution in [-0.4, -0.2) is 0 Å². The highest BCUT2D eigenvalue weighted by molar-refractivity contribution is 5.85. The van der Waals surface area contributed by atoms with Crippen molar-refractivity contribution in [1.82, 2.24) is 0 Å². The molecule has 0 heterocycles. The summed E-state index contributed by atoms with van der Waals surface area (Å²) in [5, 5.41) is 5.97. The molecule has 0 aliphatic heterocycles. The van der Waals surface area contributed by atoms with Gasteiger partial charge in [-0.15, -0.1) is 0 Å². The van der Waals surface area contributed by atoms with Gasteiger partial charge in [0.2, 0.25) is 0 Å². The van der Waals surface area contributed by atoms with Crippen LogP contribution in [0.3, 0.4) is 0 Å². The number of ether oxygens (including phenoxy) is 1. The average Bonchev–Trinajstić information content (AvgIpc) is 2.72. The molecule has 0 aromatic heterocycles. The normalized spacial score (nSPS) is 10.7. The smallest absolute Gasteiger partial charge is 0.124 e. The molecule has 1 N–H and O–H groups in total. The highest BCUT2D eigenvalue weighted by Crippen LogP contribution is 2.24. The van der Waals surface area contributed by atoms with Crippen molar-refractivity contribution in [2.75, 3.05) is 5.32 Å². The third-order valence-electron chi connectivity index (χ3n) is 4.77. The molecular weight excluding hydrogens is 330 g/mol. The zero-order valence-electron chi connectivity index (χ0n) is 15.5. The molecular formula is C25H23NO. The Kier molecular flexibility index (Phi) is 5.06. The highest BCUT2D eigenvalue weighted by atomic mass is 16.5. The van der Waals surface area contributed by atoms with Gasteiger partial charge in [-0.2, -0.15) is 0 Å². The molecule has 4 aromatic carbocycles. The van der Waals surface area contributed by atoms with Crippen LogP contribution in [0.4, 0.5) is 5.69 Å². The zero-order valence-corrected chi connectivity index (χ0v) is 15.5. The minimum Gasteiger partial charge on any atom is -0.489 e. The molecule has 0 radical (unpaired) electrons. The van der Waals surface area contributed by atoms with Crippen LogP contribution < -0.4 is 10.1 Å². The van der Waals surface area contributed by atoms with E-state index < -0.39 is 0 Å². The monoisotopic (exact) mass is 353 g/mol. The second kappa shape index (κ2) is 7.96. The number of hydrogen-bond donors (Lipinski definition) is 1. The van der Waals surface area contributed by atoms with Crippen molar-refractivity contribution in [3.63, 3.8) is 0 Å². The SMILES string of the molecule is Cc1ccc(NCc2ccccc2OCc2cccc3ccccc23)cc1. The predicted octanol–water partition coefficient (Wildman–Crippen LogP) is 6.34. The Morgan fingerprint density at radius 3 is 2.30 bits per heavy atom. The molecule has 0 bridgehead atoms. The molecule has 0 atom stereocenters. The van der Waals surface area contributed by atoms with Crippen molar-refractivity contribution >= 4 is 16.5 Å². The molecule has 0 unspecified atom stereocenters. The number of hydrogen-bond acceptors (Lipinski definition) is 2. The molecule has 0 fully saturated rings. The summed E-state index contributed by atoms with van der Waals surface area (Å²) >= 11 is 0. The van der Waals surface area contributed by atoms with Crippen molar-refractivity contribution in [2.45, 2.75) is 20.1 Å². The number of aryl methyl sites for hydroxylation is 1. The highest BCUT2D eigenvalue weighted by Gasteiger charge is 2.06. The van der Waals surface area contributed by atoms with Gasteiger partial charge in [-0.3, -0.25) is 0 Å². The summed E-state index contributed by atoms with van der Waals surface area (Å²) in [6, 6.07) is 31.5. The van der Waals surface area contributed by atoms with Gasteiger partial charge in [-0.25, -0.2) is 0 Å². The lowest BCUT2D eigenvalue weighted by atomic mass is 10.1. The Bertz CT molecular complexity index is 1030. The summed E-state index contributed by atoms with van der Waals surface area (Å²) in [6.07, 6.45) is 0. The Morgan fingerprint density at radius 2 is 1.41 bits per heavy atom. The van der Waals surface area contributed by atoms with E-state index in [0.29, 0.717) is 6.61 Å². The van der Waals surface area contributed by atoms with Gasteiger partial charge in [-0.1, -0.05) is 78.4 Å². The van der Waals surface area contributed by atoms with Crippen LogP contribution in [0.2, 0.25) is 0 Å². The first kappa shape index (κ1) is 17.2. The van der Waals surface area contributed by atoms with E-state index >= 15 is 0 Å². The van der Waals surface area contributed by atoms with Crippen molar-refractivity contribution in [1.29, 1.82) is 0 Å². The van der Waals surface area contributed by atoms with Crippen LogP contribution in [0.25, 0.3) is 10.8 Å². The minimum absolute atomic E-state index is 0.558. The quantitative estimate of drug-likeness (QED) is 0.437. The van der Waals surface area contributed by atoms with Crippen LogP contribution in [0.15, 0.2) is 91.0 Å². The third-order valence-corrected chi connectivity index (χ3v) is 4.77. The van der Waals surface area contributed by atoms with Gasteiger partial charge < -0.3 is 10.1 Å². The molecule has 2 nitrogen and oxygen atoms in total. The van der Waals surface area contributed by atoms with Gasteiger partial charge in [0.1, 0.15) is 12.4 Å². The standard InChI is InChI=1S/C25H23NO/c1-19-13-15-23(16-14-19)26-17-21-8-3-5-12-25(21)27-18-22-10-6-9-20-7-2-4-11-24(20)22/h2-16,26H,17-18H2,1H3. The van der Waals surface area contributed by atoms with E-state index in [0.717, 1.165) is 23.5 Å². The number of fused-ring (bicyclic) bond motifs is 1. The Morgan fingerprint density at radius 1 is 0.704 bits per heavy atom. The van der Waals surface area contributed by atoms with Crippen LogP contribution in [0, 0.1) is 6.92 Å². The molecule has 2 heteroatoms. The van der Waals surface area contributed by atoms with Gasteiger partial charge in [0.25, 0.3) is 0 Å². The predicted molar refractivity (Wildman–Crippen MR) is 113 cm³/mol. The number of para-hydroxylation sites is 1. The molecule has 0 saturated heterocycles. The van der Waals surface area contributed by atoms with Crippen molar-refractivity contribution in [3.8, 4) is 5.75 Å². The summed E-state index contributed by atoms with van der Waals surface area (Å²) in [5.74, 6) is 0.921. The Labute approximate surface area is 160 Å². The van der Waals surface area contributed by atoms with Crippen LogP contribution in [-0.2, 0) is 13.2 Å². The number of benzene rings is 4. The molecule has 0 saturated carbocycles. The van der Waals surface area contributed by atoms with E-state index in [1.807, 2.05) is 12.1 Å². The first-order valence-electron chi connectivity index (χ1n) is 9.27. The van der Waals surface area contributed by atoms with Gasteiger partial charge in [0, 0.05) is 17.8 Å². The van der Waals surface area contributed by atoms with Crippen molar-refractivity contribution < 1.29 is 4.74 Å². The largest absolute Gasteiger partial charge is 0.489 e. The van der Waals surface area contributed by atoms with Gasteiger partial charge in [-0.05, 0) is 41.5 Å². The summed E-state index contributed by atoms with van der Waals surface area (Å²) in [4.78, 5) is 0. The molecule has 4 rings (SSSR count). The summed E-state index contributed by atoms with van der Waals surface area (Å²) < 4.78 is 6.20. The Hall–Kier alpha value is -3.26. The van der Waals surface area contributed by atoms with Crippen LogP contribution in [0.5, 0.6) is 5.75 Å². The zero-order chi connectivity index (χ0) is 18.5. The maximum Gasteiger partial charge on any atom is 0.124 e. The molecule has 4 aromatic rings. The van der Waals surface area contributed by atoms with E-state index in [9.17, 15) is 0 Å². The maximum absolute atomic E-state index is 6.20. The molecule has 27 heavy (non-hydrogen) atoms. The fourth-order valence-corrected chi connectivity index (χ4v) is 3.23. The van der Waals surface area contributed by atoms with Crippen molar-refractivity contribution in [3.05, 3.63) is 108 Å². The average molecular weight is 353 g/mol. The summed E-state index contributed by atoms with van der Waals surface area (Å²) in [6.45, 7) is 3.39. The molecule has 0 spiro atoms. The van der Waals surface area contributed by atoms with Crippen molar-refractivity contribution in [2.24, 2.45) is 0 Å². The molecule has 0 aliphatic rings. The van der Waals surface area contributed by atoms with Crippen LogP contribution >= 0.6 is 0 Å². The minimum atomic E-state index is 0.558. The second-order valence-corrected chi connectivity index (χ2v) is 6.75. The fourth-order valence-electron chi connectivity index (χ4n) is 3.23. The third kappa shape index (κ3) is 4.12. The first-order chi connectivity index (χ1) is 13.3. The van der Waals surface area contributed by atoms with Gasteiger partial charge in [0.05, 0.1) is 0 Å². The lowest BCUT2D eigenvalue weighted by Gasteiger charge is -2.14. The van der Waals surface area contributed by atoms with Gasteiger partial charge in [0.15, 0.2) is 0 Å². The van der Waals surface area contributed by atoms with E-state index in [-0.39, 0.29) is 0 Å². The van der Waals surface area contributed by atoms with E-state index in [1.54, 1.807) is 0 Å². The maximum atomic E-state index is 6.20. The van der Waals surface area contributed by atoms with Gasteiger partial charge >= 0.3 is 0 Å². The lowest BCUT2D eigenvalue weighted by molar-refractivity contribution is 0.304. The molecule has 0 aliphatic carbocycles. The number of rotatable bonds is 6. The van der Waals surface area contributed by atoms with E-state index in [4.69, 9.17) is 4.74 Å². The topological polar surface area (TPSA) is 21.3 Å². The van der Waals surface area contributed by atoms with Crippen LogP contribution in [0.1, 0.15) is 16.7 Å². The second-order valence-electron chi connectivity index (χ2n) is 6.75. The molecule has 0 amide bonds. The Balaban J connectivity index is 1.48. The molecule has 134 valence electrons. The van der Waals surface area contributed by atoms with E-state index in [2.05, 4.69) is 91.1 Å². The summed E-state index contributed by atoms with van der Waals surface area (Å²) in [5.41, 5.74) is 4.73. The fraction of sp³-hybridized carbons (Fsp3) is 0.120. The summed E-state index contributed by atoms with van der Waals surface area (Å²) in [7, 11) is 0. The lowest BCUT2D eigenvalue weighted by Crippen LogP contribution is -2.04. The number of anilines is 1. The first-order valence-corrected chi connectivity index (χ1v) is 9.27. The number of nitrogens with one attached hydrogen (secondary N) is 1.